The van der Waals surface area contributed by atoms with Crippen LogP contribution in [0.5, 0.6) is 28.7 Å². The van der Waals surface area contributed by atoms with E-state index in [0.29, 0.717) is 5.75 Å². The van der Waals surface area contributed by atoms with Gasteiger partial charge in [0.2, 0.25) is 18.9 Å². The van der Waals surface area contributed by atoms with Crippen molar-refractivity contribution in [2.24, 2.45) is 74.9 Å². The summed E-state index contributed by atoms with van der Waals surface area (Å²) in [6.45, 7) is 39.5. The third kappa shape index (κ3) is 17.9. The summed E-state index contributed by atoms with van der Waals surface area (Å²) < 4.78 is 49.8. The molecule has 0 aliphatic heterocycles. The van der Waals surface area contributed by atoms with E-state index in [2.05, 4.69) is 156 Å². The first kappa shape index (κ1) is 77.0. The van der Waals surface area contributed by atoms with E-state index in [9.17, 15) is 4.79 Å². The van der Waals surface area contributed by atoms with Gasteiger partial charge in [0.15, 0.2) is 0 Å². The number of hydrogen-bond donors (Lipinski definition) is 0. The SMILES string of the molecule is CCC(C)(C)C(=O)Oc1cccc2c(OC(C)(C)C)cccc12.CCC(C)(C)c1ccc(OC(OC(C)C)C23CC4CC(CC(C4)C2)C3)cc1.CCC(C)(C)c1ccc(OC(OC)C23CC4CC(CC(C4)C2)C3)cc1.CCOC(Oc1ccc(C(C)(C)CC)cc1)C12CC3CC(CC(C3)C1)C2. The minimum atomic E-state index is -0.498. The Morgan fingerprint density at radius 1 is 0.406 bits per heavy atom. The molecule has 17 rings (SSSR count). The summed E-state index contributed by atoms with van der Waals surface area (Å²) in [6.07, 6.45) is 28.9. The third-order valence-electron chi connectivity index (χ3n) is 26.9. The van der Waals surface area contributed by atoms with Gasteiger partial charge in [-0.25, -0.2) is 0 Å². The molecule has 556 valence electrons. The number of rotatable bonds is 24. The van der Waals surface area contributed by atoms with Crippen LogP contribution in [0.25, 0.3) is 10.8 Å². The molecular weight excluding hydrogens is 1250 g/mol. The van der Waals surface area contributed by atoms with Crippen molar-refractivity contribution < 1.29 is 42.7 Å². The van der Waals surface area contributed by atoms with Crippen LogP contribution < -0.4 is 23.7 Å². The van der Waals surface area contributed by atoms with Crippen LogP contribution in [0.3, 0.4) is 0 Å². The first-order valence-corrected chi connectivity index (χ1v) is 40.4. The molecule has 0 spiro atoms. The Labute approximate surface area is 612 Å². The molecule has 5 aromatic rings. The molecule has 0 saturated heterocycles. The van der Waals surface area contributed by atoms with Gasteiger partial charge in [-0.2, -0.15) is 0 Å². The van der Waals surface area contributed by atoms with Crippen molar-refractivity contribution >= 4 is 16.7 Å². The molecule has 12 saturated carbocycles. The number of esters is 1. The van der Waals surface area contributed by atoms with Gasteiger partial charge in [-0.1, -0.05) is 130 Å². The molecule has 5 aromatic carbocycles. The van der Waals surface area contributed by atoms with E-state index >= 15 is 0 Å². The number of methoxy groups -OCH3 is 1. The second kappa shape index (κ2) is 31.2. The molecular formula is C92H134O9. The van der Waals surface area contributed by atoms with E-state index in [1.165, 1.54) is 132 Å². The molecule has 0 amide bonds. The van der Waals surface area contributed by atoms with Gasteiger partial charge in [-0.05, 0) is 331 Å². The molecule has 12 aliphatic rings. The maximum atomic E-state index is 12.4. The van der Waals surface area contributed by atoms with Crippen LogP contribution in [-0.2, 0) is 35.3 Å². The van der Waals surface area contributed by atoms with Crippen LogP contribution in [0.4, 0.5) is 0 Å². The smallest absolute Gasteiger partial charge is 0.316 e. The van der Waals surface area contributed by atoms with E-state index in [4.69, 9.17) is 37.9 Å². The lowest BCUT2D eigenvalue weighted by molar-refractivity contribution is -0.227. The Kier molecular flexibility index (Phi) is 23.8. The van der Waals surface area contributed by atoms with E-state index in [0.717, 1.165) is 119 Å². The van der Waals surface area contributed by atoms with Crippen LogP contribution in [-0.4, -0.2) is 50.3 Å². The first-order valence-electron chi connectivity index (χ1n) is 40.4. The Morgan fingerprint density at radius 2 is 0.713 bits per heavy atom. The van der Waals surface area contributed by atoms with Crippen molar-refractivity contribution in [2.75, 3.05) is 13.7 Å². The van der Waals surface area contributed by atoms with Gasteiger partial charge in [0.25, 0.3) is 0 Å². The number of ether oxygens (including phenoxy) is 8. The Hall–Kier alpha value is -5.09. The van der Waals surface area contributed by atoms with Crippen molar-refractivity contribution in [3.8, 4) is 28.7 Å². The Bertz CT molecular complexity index is 3380. The van der Waals surface area contributed by atoms with E-state index in [-0.39, 0.29) is 69.0 Å². The number of fused-ring (bicyclic) bond motifs is 1. The molecule has 0 radical (unpaired) electrons. The van der Waals surface area contributed by atoms with Crippen molar-refractivity contribution in [3.63, 3.8) is 0 Å². The fourth-order valence-corrected chi connectivity index (χ4v) is 20.9. The van der Waals surface area contributed by atoms with Gasteiger partial charge in [0, 0.05) is 40.7 Å². The lowest BCUT2D eigenvalue weighted by Gasteiger charge is -2.58. The number of hydrogen-bond acceptors (Lipinski definition) is 9. The molecule has 0 aromatic heterocycles. The molecule has 3 atom stereocenters. The average molecular weight is 1380 g/mol. The summed E-state index contributed by atoms with van der Waals surface area (Å²) in [5.41, 5.74) is 4.77. The van der Waals surface area contributed by atoms with Crippen molar-refractivity contribution in [1.29, 1.82) is 0 Å². The van der Waals surface area contributed by atoms with Gasteiger partial charge >= 0.3 is 5.97 Å². The second-order valence-electron chi connectivity index (χ2n) is 37.8. The lowest BCUT2D eigenvalue weighted by Crippen LogP contribution is -2.54. The zero-order chi connectivity index (χ0) is 72.5. The van der Waals surface area contributed by atoms with Gasteiger partial charge in [0.1, 0.15) is 34.3 Å². The molecule has 3 unspecified atom stereocenters. The summed E-state index contributed by atoms with van der Waals surface area (Å²) in [5, 5.41) is 1.83. The number of benzene rings is 5. The van der Waals surface area contributed by atoms with E-state index in [1.807, 2.05) is 85.1 Å². The first-order chi connectivity index (χ1) is 47.8. The predicted molar refractivity (Wildman–Crippen MR) is 413 cm³/mol. The maximum absolute atomic E-state index is 12.4. The monoisotopic (exact) mass is 1380 g/mol. The van der Waals surface area contributed by atoms with Crippen LogP contribution in [0.1, 0.15) is 283 Å². The molecule has 12 fully saturated rings. The lowest BCUT2D eigenvalue weighted by atomic mass is 9.49. The van der Waals surface area contributed by atoms with Gasteiger partial charge in [-0.15, -0.1) is 0 Å². The highest BCUT2D eigenvalue weighted by atomic mass is 16.7. The Morgan fingerprint density at radius 3 is 1.02 bits per heavy atom. The quantitative estimate of drug-likeness (QED) is 0.0340. The van der Waals surface area contributed by atoms with Crippen molar-refractivity contribution in [3.05, 3.63) is 126 Å². The summed E-state index contributed by atoms with van der Waals surface area (Å²) in [4.78, 5) is 12.4. The number of carbonyl (C=O) groups is 1. The Balaban J connectivity index is 0.000000136. The van der Waals surface area contributed by atoms with Crippen LogP contribution in [0.2, 0.25) is 0 Å². The highest BCUT2D eigenvalue weighted by molar-refractivity contribution is 5.95. The molecule has 101 heavy (non-hydrogen) atoms. The van der Waals surface area contributed by atoms with E-state index < -0.39 is 5.41 Å². The summed E-state index contributed by atoms with van der Waals surface area (Å²) in [6, 6.07) is 37.8. The standard InChI is InChI=1S/C25H38O2.C24H36O2.C23H34O2.C20H26O3/c1-6-24(4,5)21-7-9-22(10-8-21)27-23(26-17(2)3)25-14-18-11-19(15-25)13-20(12-18)16-25;1-5-23(3,4)20-7-9-21(10-8-20)26-22(25-6-2)24-14-17-11-18(15-24)13-19(12-17)16-24;1-5-22(2,3)19-6-8-20(9-7-19)25-21(24-4)23-13-16-10-17(14-23)12-18(11-16)15-23;1-7-20(5,6)18(21)22-16-12-8-11-15-14(16)10-9-13-17(15)23-19(2,3)4/h7-10,17-20,23H,6,11-16H2,1-5H3;7-10,17-19,22H,5-6,11-16H2,1-4H3;6-9,16-18,21H,5,10-15H2,1-4H3;8-13H,7H2,1-6H3. The maximum Gasteiger partial charge on any atom is 0.316 e. The fraction of sp³-hybridized carbons (Fsp3) is 0.685. The molecule has 9 nitrogen and oxygen atoms in total. The van der Waals surface area contributed by atoms with Gasteiger partial charge in [-0.3, -0.25) is 4.79 Å². The molecule has 0 heterocycles. The predicted octanol–water partition coefficient (Wildman–Crippen LogP) is 24.4. The van der Waals surface area contributed by atoms with E-state index in [1.54, 1.807) is 0 Å². The van der Waals surface area contributed by atoms with Crippen molar-refractivity contribution in [2.45, 2.75) is 313 Å². The zero-order valence-electron chi connectivity index (χ0n) is 66.3. The number of carbonyl (C=O) groups excluding carboxylic acids is 1. The molecule has 12 bridgehead atoms. The highest BCUT2D eigenvalue weighted by Crippen LogP contribution is 2.65. The van der Waals surface area contributed by atoms with Crippen molar-refractivity contribution in [1.82, 2.24) is 0 Å². The van der Waals surface area contributed by atoms with Gasteiger partial charge < -0.3 is 37.9 Å². The molecule has 0 N–H and O–H groups in total. The average Bonchev–Trinajstić information content (AvgIpc) is 0.748. The largest absolute Gasteiger partial charge is 0.488 e. The third-order valence-corrected chi connectivity index (χ3v) is 26.9. The second-order valence-corrected chi connectivity index (χ2v) is 37.8. The summed E-state index contributed by atoms with van der Waals surface area (Å²) in [5.74, 6) is 12.3. The molecule has 9 heteroatoms. The minimum absolute atomic E-state index is 0.0778. The highest BCUT2D eigenvalue weighted by Gasteiger charge is 2.59. The normalized spacial score (nSPS) is 29.2. The molecule has 12 aliphatic carbocycles. The van der Waals surface area contributed by atoms with Crippen LogP contribution in [0, 0.1) is 74.9 Å². The van der Waals surface area contributed by atoms with Crippen LogP contribution >= 0.6 is 0 Å². The fourth-order valence-electron chi connectivity index (χ4n) is 20.9. The topological polar surface area (TPSA) is 90.9 Å². The van der Waals surface area contributed by atoms with Crippen LogP contribution in [0.15, 0.2) is 109 Å². The zero-order valence-corrected chi connectivity index (χ0v) is 66.3. The van der Waals surface area contributed by atoms with Gasteiger partial charge in [0.05, 0.1) is 11.5 Å². The summed E-state index contributed by atoms with van der Waals surface area (Å²) >= 11 is 0. The minimum Gasteiger partial charge on any atom is -0.488 e. The summed E-state index contributed by atoms with van der Waals surface area (Å²) in [7, 11) is 1.83.